The van der Waals surface area contributed by atoms with E-state index in [1.165, 1.54) is 5.56 Å². The summed E-state index contributed by atoms with van der Waals surface area (Å²) < 4.78 is 7.23. The molecule has 29 heavy (non-hydrogen) atoms. The predicted molar refractivity (Wildman–Crippen MR) is 113 cm³/mol. The molecule has 1 amide bonds. The molecule has 0 spiro atoms. The summed E-state index contributed by atoms with van der Waals surface area (Å²) in [6, 6.07) is 8.34. The van der Waals surface area contributed by atoms with Gasteiger partial charge in [-0.1, -0.05) is 49.6 Å². The molecule has 1 atom stereocenters. The first kappa shape index (κ1) is 21.5. The SMILES string of the molecule is CCC(CC)C(CNC(=O)c1nnn(-c2ccc(C)cc2)c1C)N1CCOCC1. The lowest BCUT2D eigenvalue weighted by Gasteiger charge is -2.38. The average Bonchev–Trinajstić information content (AvgIpc) is 3.13. The van der Waals surface area contributed by atoms with Crippen LogP contribution in [0.25, 0.3) is 5.69 Å². The normalized spacial score (nSPS) is 16.2. The van der Waals surface area contributed by atoms with Gasteiger partial charge in [0.2, 0.25) is 0 Å². The Hall–Kier alpha value is -2.25. The fraction of sp³-hybridized carbons (Fsp3) is 0.591. The maximum absolute atomic E-state index is 12.9. The molecule has 7 nitrogen and oxygen atoms in total. The van der Waals surface area contributed by atoms with Crippen LogP contribution in [0.15, 0.2) is 24.3 Å². The molecule has 1 saturated heterocycles. The second kappa shape index (κ2) is 9.98. The number of hydrogen-bond donors (Lipinski definition) is 1. The van der Waals surface area contributed by atoms with Crippen LogP contribution in [-0.2, 0) is 4.74 Å². The molecule has 1 aromatic heterocycles. The number of aryl methyl sites for hydroxylation is 1. The summed E-state index contributed by atoms with van der Waals surface area (Å²) >= 11 is 0. The van der Waals surface area contributed by atoms with Gasteiger partial charge in [0, 0.05) is 25.7 Å². The number of ether oxygens (including phenoxy) is 1. The number of nitrogens with zero attached hydrogens (tertiary/aromatic N) is 4. The number of hydrogen-bond acceptors (Lipinski definition) is 5. The molecule has 158 valence electrons. The molecule has 3 rings (SSSR count). The largest absolute Gasteiger partial charge is 0.379 e. The Morgan fingerprint density at radius 2 is 1.79 bits per heavy atom. The van der Waals surface area contributed by atoms with Crippen molar-refractivity contribution in [2.75, 3.05) is 32.8 Å². The summed E-state index contributed by atoms with van der Waals surface area (Å²) in [5.74, 6) is 0.378. The molecule has 1 fully saturated rings. The fourth-order valence-electron chi connectivity index (χ4n) is 4.09. The van der Waals surface area contributed by atoms with Crippen molar-refractivity contribution < 1.29 is 9.53 Å². The van der Waals surface area contributed by atoms with Crippen LogP contribution in [0.5, 0.6) is 0 Å². The van der Waals surface area contributed by atoms with Gasteiger partial charge < -0.3 is 10.1 Å². The minimum atomic E-state index is -0.162. The quantitative estimate of drug-likeness (QED) is 0.739. The van der Waals surface area contributed by atoms with Crippen molar-refractivity contribution in [3.8, 4) is 5.69 Å². The molecule has 0 aliphatic carbocycles. The number of morpholine rings is 1. The zero-order valence-corrected chi connectivity index (χ0v) is 18.0. The van der Waals surface area contributed by atoms with Gasteiger partial charge in [-0.2, -0.15) is 0 Å². The molecule has 1 aliphatic heterocycles. The molecule has 7 heteroatoms. The molecule has 0 saturated carbocycles. The van der Waals surface area contributed by atoms with Gasteiger partial charge >= 0.3 is 0 Å². The second-order valence-electron chi connectivity index (χ2n) is 7.77. The maximum atomic E-state index is 12.9. The van der Waals surface area contributed by atoms with E-state index in [2.05, 4.69) is 34.4 Å². The van der Waals surface area contributed by atoms with Gasteiger partial charge in [0.15, 0.2) is 5.69 Å². The monoisotopic (exact) mass is 399 g/mol. The summed E-state index contributed by atoms with van der Waals surface area (Å²) in [4.78, 5) is 15.3. The number of amides is 1. The first-order chi connectivity index (χ1) is 14.0. The van der Waals surface area contributed by atoms with Crippen molar-refractivity contribution >= 4 is 5.91 Å². The molecule has 1 aliphatic rings. The highest BCUT2D eigenvalue weighted by atomic mass is 16.5. The van der Waals surface area contributed by atoms with Crippen LogP contribution in [0.3, 0.4) is 0 Å². The van der Waals surface area contributed by atoms with E-state index < -0.39 is 0 Å². The predicted octanol–water partition coefficient (Wildman–Crippen LogP) is 2.75. The van der Waals surface area contributed by atoms with Crippen molar-refractivity contribution in [1.82, 2.24) is 25.2 Å². The number of nitrogens with one attached hydrogen (secondary N) is 1. The Balaban J connectivity index is 1.70. The van der Waals surface area contributed by atoms with Gasteiger partial charge in [0.25, 0.3) is 5.91 Å². The summed E-state index contributed by atoms with van der Waals surface area (Å²) in [7, 11) is 0. The highest BCUT2D eigenvalue weighted by Gasteiger charge is 2.28. The minimum Gasteiger partial charge on any atom is -0.379 e. The summed E-state index contributed by atoms with van der Waals surface area (Å²) in [5.41, 5.74) is 3.22. The zero-order chi connectivity index (χ0) is 20.8. The molecule has 1 unspecified atom stereocenters. The van der Waals surface area contributed by atoms with Gasteiger partial charge in [-0.15, -0.1) is 5.10 Å². The molecular weight excluding hydrogens is 366 g/mol. The third-order valence-electron chi connectivity index (χ3n) is 5.97. The number of benzene rings is 1. The van der Waals surface area contributed by atoms with E-state index in [-0.39, 0.29) is 5.91 Å². The lowest BCUT2D eigenvalue weighted by molar-refractivity contribution is 0.00190. The molecule has 2 heterocycles. The van der Waals surface area contributed by atoms with Crippen LogP contribution in [0.2, 0.25) is 0 Å². The van der Waals surface area contributed by atoms with Crippen molar-refractivity contribution in [2.45, 2.75) is 46.6 Å². The summed E-state index contributed by atoms with van der Waals surface area (Å²) in [6.45, 7) is 12.3. The molecule has 0 radical (unpaired) electrons. The average molecular weight is 400 g/mol. The van der Waals surface area contributed by atoms with E-state index in [1.807, 2.05) is 38.1 Å². The van der Waals surface area contributed by atoms with E-state index in [9.17, 15) is 4.79 Å². The van der Waals surface area contributed by atoms with Crippen molar-refractivity contribution in [3.63, 3.8) is 0 Å². The van der Waals surface area contributed by atoms with Crippen LogP contribution in [-0.4, -0.2) is 64.7 Å². The number of carbonyl (C=O) groups excluding carboxylic acids is 1. The standard InChI is InChI=1S/C22H33N5O2/c1-5-18(6-2)20(26-11-13-29-14-12-26)15-23-22(28)21-17(4)27(25-24-21)19-9-7-16(3)8-10-19/h7-10,18,20H,5-6,11-15H2,1-4H3,(H,23,28). The van der Waals surface area contributed by atoms with Gasteiger partial charge in [0.05, 0.1) is 24.6 Å². The number of carbonyl (C=O) groups is 1. The Morgan fingerprint density at radius 3 is 2.41 bits per heavy atom. The van der Waals surface area contributed by atoms with E-state index in [0.717, 1.165) is 50.5 Å². The highest BCUT2D eigenvalue weighted by Crippen LogP contribution is 2.20. The topological polar surface area (TPSA) is 72.3 Å². The van der Waals surface area contributed by atoms with Gasteiger partial charge in [-0.3, -0.25) is 9.69 Å². The second-order valence-corrected chi connectivity index (χ2v) is 7.77. The van der Waals surface area contributed by atoms with E-state index in [1.54, 1.807) is 4.68 Å². The zero-order valence-electron chi connectivity index (χ0n) is 18.0. The molecule has 1 N–H and O–H groups in total. The summed E-state index contributed by atoms with van der Waals surface area (Å²) in [5, 5.41) is 11.5. The van der Waals surface area contributed by atoms with Crippen molar-refractivity contribution in [1.29, 1.82) is 0 Å². The molecular formula is C22H33N5O2. The maximum Gasteiger partial charge on any atom is 0.273 e. The Bertz CT molecular complexity index is 792. The fourth-order valence-corrected chi connectivity index (χ4v) is 4.09. The Kier molecular flexibility index (Phi) is 7.39. The van der Waals surface area contributed by atoms with Crippen LogP contribution in [0.4, 0.5) is 0 Å². The third-order valence-corrected chi connectivity index (χ3v) is 5.97. The lowest BCUT2D eigenvalue weighted by atomic mass is 9.92. The summed E-state index contributed by atoms with van der Waals surface area (Å²) in [6.07, 6.45) is 2.19. The number of aromatic nitrogens is 3. The van der Waals surface area contributed by atoms with Gasteiger partial charge in [-0.05, 0) is 31.9 Å². The Morgan fingerprint density at radius 1 is 1.14 bits per heavy atom. The first-order valence-corrected chi connectivity index (χ1v) is 10.6. The van der Waals surface area contributed by atoms with Crippen LogP contribution in [0.1, 0.15) is 48.4 Å². The highest BCUT2D eigenvalue weighted by molar-refractivity contribution is 5.93. The Labute approximate surface area is 173 Å². The minimum absolute atomic E-state index is 0.162. The molecule has 0 bridgehead atoms. The number of rotatable bonds is 8. The van der Waals surface area contributed by atoms with Crippen LogP contribution < -0.4 is 5.32 Å². The molecule has 2 aromatic rings. The van der Waals surface area contributed by atoms with E-state index >= 15 is 0 Å². The van der Waals surface area contributed by atoms with Crippen molar-refractivity contribution in [3.05, 3.63) is 41.2 Å². The molecule has 1 aromatic carbocycles. The van der Waals surface area contributed by atoms with E-state index in [4.69, 9.17) is 4.74 Å². The van der Waals surface area contributed by atoms with Crippen LogP contribution >= 0.6 is 0 Å². The van der Waals surface area contributed by atoms with Gasteiger partial charge in [-0.25, -0.2) is 4.68 Å². The van der Waals surface area contributed by atoms with Crippen molar-refractivity contribution in [2.24, 2.45) is 5.92 Å². The van der Waals surface area contributed by atoms with Crippen LogP contribution in [0, 0.1) is 19.8 Å². The van der Waals surface area contributed by atoms with E-state index in [0.29, 0.717) is 24.2 Å². The smallest absolute Gasteiger partial charge is 0.273 e. The lowest BCUT2D eigenvalue weighted by Crippen LogP contribution is -2.52. The van der Waals surface area contributed by atoms with Gasteiger partial charge in [0.1, 0.15) is 0 Å². The first-order valence-electron chi connectivity index (χ1n) is 10.6. The third kappa shape index (κ3) is 5.03.